The SMILES string of the molecule is CC(C)(C)[C@]1(O)CCN2C[C@H]3c4ccccc4CCc4cccc(c43)C2C1. The molecule has 0 bridgehead atoms. The van der Waals surface area contributed by atoms with Crippen LogP contribution < -0.4 is 0 Å². The van der Waals surface area contributed by atoms with Crippen LogP contribution in [0.2, 0.25) is 0 Å². The van der Waals surface area contributed by atoms with Crippen molar-refractivity contribution in [3.8, 4) is 0 Å². The van der Waals surface area contributed by atoms with E-state index in [4.69, 9.17) is 0 Å². The molecular weight excluding hydrogens is 330 g/mol. The highest BCUT2D eigenvalue weighted by molar-refractivity contribution is 5.51. The van der Waals surface area contributed by atoms with Gasteiger partial charge in [0.15, 0.2) is 0 Å². The molecule has 1 unspecified atom stereocenters. The highest BCUT2D eigenvalue weighted by Crippen LogP contribution is 2.51. The van der Waals surface area contributed by atoms with Gasteiger partial charge < -0.3 is 5.11 Å². The highest BCUT2D eigenvalue weighted by atomic mass is 16.3. The third-order valence-corrected chi connectivity index (χ3v) is 7.63. The minimum absolute atomic E-state index is 0.0890. The Labute approximate surface area is 163 Å². The molecule has 2 nitrogen and oxygen atoms in total. The molecule has 1 saturated heterocycles. The second-order valence-electron chi connectivity index (χ2n) is 9.92. The van der Waals surface area contributed by atoms with Gasteiger partial charge >= 0.3 is 0 Å². The quantitative estimate of drug-likeness (QED) is 0.725. The van der Waals surface area contributed by atoms with Crippen LogP contribution >= 0.6 is 0 Å². The van der Waals surface area contributed by atoms with Crippen LogP contribution in [0.25, 0.3) is 0 Å². The summed E-state index contributed by atoms with van der Waals surface area (Å²) in [5.41, 5.74) is 6.94. The van der Waals surface area contributed by atoms with Crippen LogP contribution in [0.1, 0.15) is 73.4 Å². The maximum atomic E-state index is 11.5. The van der Waals surface area contributed by atoms with Crippen molar-refractivity contribution < 1.29 is 5.11 Å². The smallest absolute Gasteiger partial charge is 0.0726 e. The first-order valence-corrected chi connectivity index (χ1v) is 10.5. The van der Waals surface area contributed by atoms with Gasteiger partial charge in [0.2, 0.25) is 0 Å². The summed E-state index contributed by atoms with van der Waals surface area (Å²) in [5.74, 6) is 0.479. The van der Waals surface area contributed by atoms with Gasteiger partial charge in [-0.25, -0.2) is 0 Å². The Morgan fingerprint density at radius 2 is 1.67 bits per heavy atom. The standard InChI is InChI=1S/C25H31NO/c1-24(2,3)25(27)13-14-26-16-21-19-9-5-4-7-17(19)11-12-18-8-6-10-20(23(18)21)22(26)15-25/h4-10,21-22,27H,11-16H2,1-3H3/t21-,22?,25-/m0/s1. The summed E-state index contributed by atoms with van der Waals surface area (Å²) in [6.07, 6.45) is 3.99. The van der Waals surface area contributed by atoms with Gasteiger partial charge in [0.05, 0.1) is 5.60 Å². The van der Waals surface area contributed by atoms with Crippen molar-refractivity contribution in [1.82, 2.24) is 4.90 Å². The fourth-order valence-electron chi connectivity index (χ4n) is 5.76. The average molecular weight is 362 g/mol. The molecule has 2 aromatic carbocycles. The molecule has 0 spiro atoms. The molecule has 0 radical (unpaired) electrons. The van der Waals surface area contributed by atoms with Crippen molar-refractivity contribution in [3.05, 3.63) is 70.3 Å². The van der Waals surface area contributed by atoms with E-state index >= 15 is 0 Å². The van der Waals surface area contributed by atoms with Gasteiger partial charge in [-0.3, -0.25) is 4.90 Å². The zero-order valence-electron chi connectivity index (χ0n) is 16.8. The van der Waals surface area contributed by atoms with Gasteiger partial charge in [0.1, 0.15) is 0 Å². The molecule has 2 aliphatic heterocycles. The summed E-state index contributed by atoms with van der Waals surface area (Å²) in [5, 5.41) is 11.5. The molecule has 0 aromatic heterocycles. The average Bonchev–Trinajstić information content (AvgIpc) is 2.80. The summed E-state index contributed by atoms with van der Waals surface area (Å²) >= 11 is 0. The van der Waals surface area contributed by atoms with E-state index in [1.54, 1.807) is 5.56 Å². The number of nitrogens with zero attached hydrogens (tertiary/aromatic N) is 1. The first kappa shape index (κ1) is 17.5. The maximum absolute atomic E-state index is 11.5. The predicted octanol–water partition coefficient (Wildman–Crippen LogP) is 4.84. The monoisotopic (exact) mass is 361 g/mol. The van der Waals surface area contributed by atoms with Crippen molar-refractivity contribution in [2.75, 3.05) is 13.1 Å². The maximum Gasteiger partial charge on any atom is 0.0726 e. The highest BCUT2D eigenvalue weighted by Gasteiger charge is 2.49. The number of aryl methyl sites for hydroxylation is 2. The number of aliphatic hydroxyl groups is 1. The summed E-state index contributed by atoms with van der Waals surface area (Å²) in [6, 6.07) is 16.3. The molecular formula is C25H31NO. The number of piperidine rings is 1. The van der Waals surface area contributed by atoms with Crippen molar-refractivity contribution in [1.29, 1.82) is 0 Å². The Hall–Kier alpha value is -1.64. The van der Waals surface area contributed by atoms with E-state index in [-0.39, 0.29) is 5.41 Å². The first-order valence-electron chi connectivity index (χ1n) is 10.5. The Balaban J connectivity index is 1.64. The Morgan fingerprint density at radius 1 is 0.963 bits per heavy atom. The fraction of sp³-hybridized carbons (Fsp3) is 0.520. The first-order chi connectivity index (χ1) is 12.9. The van der Waals surface area contributed by atoms with Gasteiger partial charge in [-0.1, -0.05) is 63.2 Å². The summed E-state index contributed by atoms with van der Waals surface area (Å²) in [7, 11) is 0. The third-order valence-electron chi connectivity index (χ3n) is 7.63. The Kier molecular flexibility index (Phi) is 3.83. The second kappa shape index (κ2) is 5.93. The Morgan fingerprint density at radius 3 is 2.48 bits per heavy atom. The molecule has 2 heterocycles. The lowest BCUT2D eigenvalue weighted by Crippen LogP contribution is -2.55. The molecule has 0 amide bonds. The molecule has 2 heteroatoms. The largest absolute Gasteiger partial charge is 0.389 e. The molecule has 0 saturated carbocycles. The number of hydrogen-bond acceptors (Lipinski definition) is 2. The molecule has 1 N–H and O–H groups in total. The van der Waals surface area contributed by atoms with E-state index < -0.39 is 5.60 Å². The summed E-state index contributed by atoms with van der Waals surface area (Å²) in [4.78, 5) is 2.65. The van der Waals surface area contributed by atoms with Crippen LogP contribution in [0.5, 0.6) is 0 Å². The predicted molar refractivity (Wildman–Crippen MR) is 110 cm³/mol. The zero-order valence-corrected chi connectivity index (χ0v) is 16.8. The van der Waals surface area contributed by atoms with Crippen LogP contribution in [0, 0.1) is 5.41 Å². The van der Waals surface area contributed by atoms with Crippen molar-refractivity contribution in [2.24, 2.45) is 5.41 Å². The van der Waals surface area contributed by atoms with Gasteiger partial charge in [-0.15, -0.1) is 0 Å². The number of fused-ring (bicyclic) bond motifs is 4. The van der Waals surface area contributed by atoms with E-state index in [9.17, 15) is 5.11 Å². The summed E-state index contributed by atoms with van der Waals surface area (Å²) < 4.78 is 0. The molecule has 3 atom stereocenters. The molecule has 5 rings (SSSR count). The normalized spacial score (nSPS) is 30.1. The fourth-order valence-corrected chi connectivity index (χ4v) is 5.76. The number of rotatable bonds is 0. The molecule has 3 aliphatic rings. The van der Waals surface area contributed by atoms with Crippen molar-refractivity contribution >= 4 is 0 Å². The topological polar surface area (TPSA) is 23.5 Å². The van der Waals surface area contributed by atoms with E-state index in [0.29, 0.717) is 12.0 Å². The van der Waals surface area contributed by atoms with Gasteiger partial charge in [0.25, 0.3) is 0 Å². The summed E-state index contributed by atoms with van der Waals surface area (Å²) in [6.45, 7) is 8.65. The van der Waals surface area contributed by atoms with Crippen LogP contribution in [0.3, 0.4) is 0 Å². The van der Waals surface area contributed by atoms with Gasteiger partial charge in [0, 0.05) is 25.0 Å². The van der Waals surface area contributed by atoms with Crippen LogP contribution in [-0.4, -0.2) is 28.7 Å². The molecule has 27 heavy (non-hydrogen) atoms. The van der Waals surface area contributed by atoms with Crippen LogP contribution in [0.15, 0.2) is 42.5 Å². The molecule has 142 valence electrons. The number of hydrogen-bond donors (Lipinski definition) is 1. The van der Waals surface area contributed by atoms with E-state index in [2.05, 4.69) is 68.1 Å². The van der Waals surface area contributed by atoms with E-state index in [0.717, 1.165) is 38.8 Å². The Bertz CT molecular complexity index is 880. The lowest BCUT2D eigenvalue weighted by Gasteiger charge is -2.53. The van der Waals surface area contributed by atoms with E-state index in [1.807, 2.05) is 0 Å². The van der Waals surface area contributed by atoms with Crippen LogP contribution in [-0.2, 0) is 12.8 Å². The molecule has 1 aliphatic carbocycles. The molecule has 1 fully saturated rings. The lowest BCUT2D eigenvalue weighted by atomic mass is 9.66. The van der Waals surface area contributed by atoms with E-state index in [1.165, 1.54) is 22.3 Å². The second-order valence-corrected chi connectivity index (χ2v) is 9.92. The van der Waals surface area contributed by atoms with Crippen LogP contribution in [0.4, 0.5) is 0 Å². The molecule has 2 aromatic rings. The van der Waals surface area contributed by atoms with Gasteiger partial charge in [-0.05, 0) is 58.9 Å². The lowest BCUT2D eigenvalue weighted by molar-refractivity contribution is -0.119. The van der Waals surface area contributed by atoms with Gasteiger partial charge in [-0.2, -0.15) is 0 Å². The minimum atomic E-state index is -0.591. The zero-order chi connectivity index (χ0) is 18.8. The van der Waals surface area contributed by atoms with Crippen molar-refractivity contribution in [2.45, 2.75) is 64.0 Å². The number of benzene rings is 2. The third kappa shape index (κ3) is 2.61. The minimum Gasteiger partial charge on any atom is -0.389 e. The van der Waals surface area contributed by atoms with Crippen molar-refractivity contribution in [3.63, 3.8) is 0 Å².